The summed E-state index contributed by atoms with van der Waals surface area (Å²) in [6.45, 7) is -0.100. The summed E-state index contributed by atoms with van der Waals surface area (Å²) in [6.07, 6.45) is 9.93. The van der Waals surface area contributed by atoms with Crippen LogP contribution >= 0.6 is 0 Å². The number of rotatable bonds is 5. The number of benzene rings is 3. The Labute approximate surface area is 195 Å². The van der Waals surface area contributed by atoms with E-state index in [2.05, 4.69) is 103 Å². The Balaban J connectivity index is 0.00000120. The number of allylic oxidation sites excluding steroid dienone is 2. The topological polar surface area (TPSA) is 0 Å². The van der Waals surface area contributed by atoms with E-state index < -0.39 is 20.6 Å². The molecule has 0 bridgehead atoms. The first-order valence-electron chi connectivity index (χ1n) is 9.84. The van der Waals surface area contributed by atoms with Crippen molar-refractivity contribution in [3.63, 3.8) is 0 Å². The van der Waals surface area contributed by atoms with Crippen LogP contribution in [0.5, 0.6) is 0 Å². The minimum absolute atomic E-state index is 0. The zero-order valence-corrected chi connectivity index (χ0v) is 22.7. The van der Waals surface area contributed by atoms with E-state index in [1.807, 2.05) is 0 Å². The van der Waals surface area contributed by atoms with Gasteiger partial charge in [0.25, 0.3) is 0 Å². The molecule has 0 saturated carbocycles. The predicted octanol–water partition coefficient (Wildman–Crippen LogP) is -0.567. The van der Waals surface area contributed by atoms with Gasteiger partial charge in [0.15, 0.2) is 0 Å². The summed E-state index contributed by atoms with van der Waals surface area (Å²) in [7, 11) is 0. The Morgan fingerprint density at radius 1 is 0.621 bits per heavy atom. The third-order valence-electron chi connectivity index (χ3n) is 5.94. The van der Waals surface area contributed by atoms with Gasteiger partial charge >= 0.3 is 172 Å². The van der Waals surface area contributed by atoms with Crippen LogP contribution in [0.2, 0.25) is 0 Å². The maximum absolute atomic E-state index is 2.57. The predicted molar refractivity (Wildman–Crippen MR) is 115 cm³/mol. The molecular formula is C25H23Cl2HfSi. The van der Waals surface area contributed by atoms with Crippen molar-refractivity contribution in [2.45, 2.75) is 13.4 Å². The van der Waals surface area contributed by atoms with Gasteiger partial charge in [-0.2, -0.15) is 0 Å². The van der Waals surface area contributed by atoms with Gasteiger partial charge in [-0.15, -0.1) is 0 Å². The number of hydrogen-bond donors (Lipinski definition) is 0. The van der Waals surface area contributed by atoms with Crippen LogP contribution in [0.3, 0.4) is 0 Å². The largest absolute Gasteiger partial charge is 1.00 e. The van der Waals surface area contributed by atoms with Crippen LogP contribution in [0, 0.1) is 0 Å². The Bertz CT molecular complexity index is 955. The molecule has 0 amide bonds. The smallest absolute Gasteiger partial charge is 1.00 e. The zero-order valence-electron chi connectivity index (χ0n) is 16.1. The van der Waals surface area contributed by atoms with E-state index in [-0.39, 0.29) is 31.5 Å². The van der Waals surface area contributed by atoms with Crippen LogP contribution in [0.1, 0.15) is 35.2 Å². The van der Waals surface area contributed by atoms with E-state index in [0.29, 0.717) is 0 Å². The zero-order chi connectivity index (χ0) is 18.1. The number of hydrogen-bond acceptors (Lipinski definition) is 0. The number of halogens is 2. The second-order valence-electron chi connectivity index (χ2n) is 7.49. The van der Waals surface area contributed by atoms with Crippen molar-refractivity contribution in [1.82, 2.24) is 0 Å². The molecule has 145 valence electrons. The molecule has 0 fully saturated rings. The summed E-state index contributed by atoms with van der Waals surface area (Å²) in [4.78, 5) is 0. The van der Waals surface area contributed by atoms with Gasteiger partial charge in [0, 0.05) is 0 Å². The molecule has 0 aromatic heterocycles. The Hall–Kier alpha value is -1.19. The molecule has 3 aromatic rings. The monoisotopic (exact) mass is 601 g/mol. The third kappa shape index (κ3) is 4.61. The minimum Gasteiger partial charge on any atom is -1.00 e. The minimum atomic E-state index is -1.94. The van der Waals surface area contributed by atoms with Gasteiger partial charge in [-0.25, -0.2) is 0 Å². The standard InChI is InChI=1S/2C9H7.C7H9Si.2ClH.Hf/c2*1-2-5-9-7-3-6-8(9)4-1;8-6-7-4-2-1-3-5-7;;;/h2*1-7H;1-5H,6,8H2;2*1H;/q;;;;;+2/p-2. The maximum Gasteiger partial charge on any atom is -1.00 e. The van der Waals surface area contributed by atoms with E-state index in [0.717, 1.165) is 7.35 Å². The van der Waals surface area contributed by atoms with Gasteiger partial charge in [0.1, 0.15) is 0 Å². The molecule has 0 radical (unpaired) electrons. The molecule has 0 nitrogen and oxygen atoms in total. The summed E-state index contributed by atoms with van der Waals surface area (Å²) in [5.74, 6) is 0. The Kier molecular flexibility index (Phi) is 7.92. The van der Waals surface area contributed by atoms with Crippen LogP contribution < -0.4 is 24.8 Å². The normalized spacial score (nSPS) is 18.2. The quantitative estimate of drug-likeness (QED) is 0.345. The van der Waals surface area contributed by atoms with Gasteiger partial charge in [-0.1, -0.05) is 0 Å². The molecule has 0 N–H and O–H groups in total. The summed E-state index contributed by atoms with van der Waals surface area (Å²) in [6, 6.07) is 30.8. The molecule has 29 heavy (non-hydrogen) atoms. The second-order valence-corrected chi connectivity index (χ2v) is 29.2. The van der Waals surface area contributed by atoms with E-state index in [4.69, 9.17) is 0 Å². The third-order valence-corrected chi connectivity index (χ3v) is 32.8. The van der Waals surface area contributed by atoms with Gasteiger partial charge < -0.3 is 24.8 Å². The molecule has 3 aromatic carbocycles. The molecule has 0 spiro atoms. The molecule has 0 aliphatic heterocycles. The van der Waals surface area contributed by atoms with Crippen LogP contribution in [0.25, 0.3) is 12.2 Å². The molecule has 0 saturated heterocycles. The first-order valence-corrected chi connectivity index (χ1v) is 23.3. The van der Waals surface area contributed by atoms with E-state index >= 15 is 0 Å². The maximum atomic E-state index is 2.57. The van der Waals surface area contributed by atoms with Crippen LogP contribution in [0.15, 0.2) is 91.0 Å². The molecule has 2 aliphatic rings. The average molecular weight is 601 g/mol. The van der Waals surface area contributed by atoms with Crippen molar-refractivity contribution in [2.75, 3.05) is 0 Å². The molecule has 2 aliphatic carbocycles. The van der Waals surface area contributed by atoms with E-state index in [9.17, 15) is 0 Å². The fourth-order valence-electron chi connectivity index (χ4n) is 4.58. The molecular weight excluding hydrogens is 578 g/mol. The molecule has 4 heteroatoms. The van der Waals surface area contributed by atoms with Crippen LogP contribution in [-0.4, -0.2) is 6.71 Å². The van der Waals surface area contributed by atoms with Crippen molar-refractivity contribution in [3.8, 4) is 0 Å². The molecule has 5 rings (SSSR count). The molecule has 0 heterocycles. The average Bonchev–Trinajstić information content (AvgIpc) is 3.34. The summed E-state index contributed by atoms with van der Waals surface area (Å²) in [5, 5.41) is 0. The van der Waals surface area contributed by atoms with E-state index in [1.54, 1.807) is 16.7 Å². The van der Waals surface area contributed by atoms with Crippen molar-refractivity contribution < 1.29 is 45.4 Å². The SMILES string of the molecule is C1=C[CH]([Hf+2]([SiH2]Cc2ccccc2)[CH]2C=Cc3ccccc32)c2ccccc21.[Cl-].[Cl-]. The van der Waals surface area contributed by atoms with Crippen molar-refractivity contribution in [3.05, 3.63) is 119 Å². The van der Waals surface area contributed by atoms with Gasteiger partial charge in [-0.05, 0) is 0 Å². The summed E-state index contributed by atoms with van der Waals surface area (Å²) >= 11 is -1.94. The number of fused-ring (bicyclic) bond motifs is 2. The van der Waals surface area contributed by atoms with Gasteiger partial charge in [-0.3, -0.25) is 0 Å². The second kappa shape index (κ2) is 10.2. The first kappa shape index (κ1) is 22.5. The Morgan fingerprint density at radius 3 is 1.66 bits per heavy atom. The molecule has 2 unspecified atom stereocenters. The molecule has 2 atom stereocenters. The summed E-state index contributed by atoms with van der Waals surface area (Å²) in [5.41, 5.74) is 7.73. The van der Waals surface area contributed by atoms with Crippen LogP contribution in [-0.2, 0) is 26.6 Å². The fourth-order valence-corrected chi connectivity index (χ4v) is 33.5. The van der Waals surface area contributed by atoms with Crippen molar-refractivity contribution in [2.24, 2.45) is 0 Å². The van der Waals surface area contributed by atoms with E-state index in [1.165, 1.54) is 17.2 Å². The summed E-state index contributed by atoms with van der Waals surface area (Å²) < 4.78 is 1.53. The van der Waals surface area contributed by atoms with Crippen LogP contribution in [0.4, 0.5) is 0 Å². The first-order chi connectivity index (χ1) is 13.4. The van der Waals surface area contributed by atoms with Gasteiger partial charge in [0.2, 0.25) is 0 Å². The fraction of sp³-hybridized carbons (Fsp3) is 0.120. The van der Waals surface area contributed by atoms with Crippen molar-refractivity contribution >= 4 is 18.9 Å². The van der Waals surface area contributed by atoms with Gasteiger partial charge in [0.05, 0.1) is 0 Å². The van der Waals surface area contributed by atoms with Crippen molar-refractivity contribution in [1.29, 1.82) is 0 Å². The Morgan fingerprint density at radius 2 is 1.10 bits per heavy atom.